The van der Waals surface area contributed by atoms with E-state index in [1.807, 2.05) is 56.9 Å². The Morgan fingerprint density at radius 3 is 2.44 bits per heavy atom. The van der Waals surface area contributed by atoms with Crippen molar-refractivity contribution >= 4 is 34.9 Å². The van der Waals surface area contributed by atoms with Crippen LogP contribution in [0.2, 0.25) is 0 Å². The second kappa shape index (κ2) is 8.99. The number of amides is 1. The van der Waals surface area contributed by atoms with Gasteiger partial charge in [-0.3, -0.25) is 4.79 Å². The van der Waals surface area contributed by atoms with E-state index in [0.717, 1.165) is 16.9 Å². The fourth-order valence-corrected chi connectivity index (χ4v) is 3.51. The van der Waals surface area contributed by atoms with E-state index in [9.17, 15) is 9.59 Å². The number of allylic oxidation sites excluding steroid dienone is 1. The van der Waals surface area contributed by atoms with Crippen molar-refractivity contribution < 1.29 is 14.3 Å². The van der Waals surface area contributed by atoms with E-state index in [0.29, 0.717) is 29.6 Å². The van der Waals surface area contributed by atoms with Crippen molar-refractivity contribution in [2.45, 2.75) is 40.2 Å². The van der Waals surface area contributed by atoms with E-state index >= 15 is 0 Å². The van der Waals surface area contributed by atoms with Gasteiger partial charge in [0.2, 0.25) is 5.91 Å². The molecule has 0 radical (unpaired) electrons. The Hall–Kier alpha value is -2.41. The molecule has 2 rings (SSSR count). The topological polar surface area (TPSA) is 70.7 Å². The maximum Gasteiger partial charge on any atom is 0.337 e. The molecule has 1 amide bonds. The smallest absolute Gasteiger partial charge is 0.337 e. The number of nitrogens with zero attached hydrogens (tertiary/aromatic N) is 1. The number of hydrogen-bond acceptors (Lipinski definition) is 4. The maximum absolute atomic E-state index is 12.4. The molecule has 27 heavy (non-hydrogen) atoms. The highest BCUT2D eigenvalue weighted by Gasteiger charge is 2.33. The molecule has 6 nitrogen and oxygen atoms in total. The first-order chi connectivity index (χ1) is 12.8. The third-order valence-electron chi connectivity index (χ3n) is 4.44. The summed E-state index contributed by atoms with van der Waals surface area (Å²) in [6.07, 6.45) is 0.474. The van der Waals surface area contributed by atoms with Gasteiger partial charge in [0, 0.05) is 24.4 Å². The number of methoxy groups -OCH3 is 1. The number of hydrogen-bond donors (Lipinski definition) is 2. The van der Waals surface area contributed by atoms with Crippen LogP contribution < -0.4 is 10.6 Å². The van der Waals surface area contributed by atoms with E-state index < -0.39 is 6.04 Å². The van der Waals surface area contributed by atoms with Gasteiger partial charge in [0.05, 0.1) is 18.7 Å². The van der Waals surface area contributed by atoms with Crippen molar-refractivity contribution in [2.75, 3.05) is 19.0 Å². The van der Waals surface area contributed by atoms with Crippen LogP contribution in [-0.2, 0) is 14.3 Å². The van der Waals surface area contributed by atoms with E-state index in [4.69, 9.17) is 17.0 Å². The quantitative estimate of drug-likeness (QED) is 0.574. The normalized spacial score (nSPS) is 17.0. The molecule has 0 aromatic heterocycles. The van der Waals surface area contributed by atoms with Gasteiger partial charge in [-0.25, -0.2) is 4.79 Å². The summed E-state index contributed by atoms with van der Waals surface area (Å²) in [6.45, 7) is 8.51. The first-order valence-corrected chi connectivity index (χ1v) is 9.46. The zero-order valence-electron chi connectivity index (χ0n) is 16.5. The zero-order valence-corrected chi connectivity index (χ0v) is 17.3. The first kappa shape index (κ1) is 20.9. The highest BCUT2D eigenvalue weighted by atomic mass is 32.1. The molecule has 0 unspecified atom stereocenters. The molecule has 2 N–H and O–H groups in total. The molecule has 1 aromatic rings. The minimum absolute atomic E-state index is 0.0145. The number of ether oxygens (including phenoxy) is 1. The lowest BCUT2D eigenvalue weighted by Crippen LogP contribution is -2.47. The van der Waals surface area contributed by atoms with Crippen LogP contribution in [0.4, 0.5) is 5.69 Å². The summed E-state index contributed by atoms with van der Waals surface area (Å²) < 4.78 is 4.99. The number of rotatable bonds is 6. The van der Waals surface area contributed by atoms with Crippen LogP contribution in [0.3, 0.4) is 0 Å². The lowest BCUT2D eigenvalue weighted by atomic mass is 9.95. The fraction of sp³-hybridized carbons (Fsp3) is 0.450. The summed E-state index contributed by atoms with van der Waals surface area (Å²) in [5.41, 5.74) is 2.91. The number of anilines is 1. The van der Waals surface area contributed by atoms with Crippen LogP contribution >= 0.6 is 12.2 Å². The second-order valence-corrected chi connectivity index (χ2v) is 7.27. The third kappa shape index (κ3) is 4.86. The van der Waals surface area contributed by atoms with Crippen molar-refractivity contribution in [3.63, 3.8) is 0 Å². The van der Waals surface area contributed by atoms with E-state index in [1.54, 1.807) is 0 Å². The average Bonchev–Trinajstić information content (AvgIpc) is 2.61. The van der Waals surface area contributed by atoms with Crippen molar-refractivity contribution in [1.82, 2.24) is 10.2 Å². The Kier molecular flexibility index (Phi) is 6.96. The molecule has 1 aromatic carbocycles. The van der Waals surface area contributed by atoms with Gasteiger partial charge in [-0.2, -0.15) is 0 Å². The van der Waals surface area contributed by atoms with Crippen LogP contribution in [0.5, 0.6) is 0 Å². The minimum atomic E-state index is -0.395. The zero-order chi connectivity index (χ0) is 20.1. The van der Waals surface area contributed by atoms with Crippen molar-refractivity contribution in [3.05, 3.63) is 41.1 Å². The summed E-state index contributed by atoms with van der Waals surface area (Å²) in [5, 5.41) is 6.68. The van der Waals surface area contributed by atoms with Gasteiger partial charge >= 0.3 is 5.97 Å². The summed E-state index contributed by atoms with van der Waals surface area (Å²) in [6, 6.07) is 7.02. The largest absolute Gasteiger partial charge is 0.466 e. The molecular formula is C20H27N3O3S. The van der Waals surface area contributed by atoms with E-state index in [1.165, 1.54) is 7.11 Å². The van der Waals surface area contributed by atoms with Gasteiger partial charge in [0.25, 0.3) is 0 Å². The van der Waals surface area contributed by atoms with Crippen molar-refractivity contribution in [2.24, 2.45) is 5.92 Å². The average molecular weight is 390 g/mol. The molecule has 0 saturated heterocycles. The van der Waals surface area contributed by atoms with Crippen LogP contribution in [0.1, 0.15) is 45.7 Å². The van der Waals surface area contributed by atoms with Crippen LogP contribution in [-0.4, -0.2) is 35.5 Å². The molecule has 146 valence electrons. The summed E-state index contributed by atoms with van der Waals surface area (Å²) in [7, 11) is 1.37. The van der Waals surface area contributed by atoms with Crippen LogP contribution in [0.25, 0.3) is 0 Å². The Morgan fingerprint density at radius 2 is 1.93 bits per heavy atom. The molecule has 1 heterocycles. The number of esters is 1. The Labute approximate surface area is 166 Å². The molecule has 1 atom stereocenters. The SMILES string of the molecule is CCN1C(=S)N[C@@H](c2ccc(NC(=O)CC(C)C)cc2)C(C(=O)OC)=C1C. The van der Waals surface area contributed by atoms with Gasteiger partial charge in [-0.1, -0.05) is 26.0 Å². The van der Waals surface area contributed by atoms with Gasteiger partial charge < -0.3 is 20.3 Å². The van der Waals surface area contributed by atoms with Crippen LogP contribution in [0.15, 0.2) is 35.5 Å². The highest BCUT2D eigenvalue weighted by Crippen LogP contribution is 2.31. The van der Waals surface area contributed by atoms with Gasteiger partial charge in [0.15, 0.2) is 5.11 Å². The van der Waals surface area contributed by atoms with E-state index in [2.05, 4.69) is 10.6 Å². The second-order valence-electron chi connectivity index (χ2n) is 6.89. The predicted octanol–water partition coefficient (Wildman–Crippen LogP) is 3.37. The first-order valence-electron chi connectivity index (χ1n) is 9.05. The number of nitrogens with one attached hydrogen (secondary N) is 2. The third-order valence-corrected chi connectivity index (χ3v) is 4.78. The van der Waals surface area contributed by atoms with Gasteiger partial charge in [-0.15, -0.1) is 0 Å². The number of carbonyl (C=O) groups excluding carboxylic acids is 2. The minimum Gasteiger partial charge on any atom is -0.466 e. The summed E-state index contributed by atoms with van der Waals surface area (Å²) in [4.78, 5) is 26.2. The van der Waals surface area contributed by atoms with E-state index in [-0.39, 0.29) is 11.9 Å². The molecule has 0 fully saturated rings. The predicted molar refractivity (Wildman–Crippen MR) is 110 cm³/mol. The molecular weight excluding hydrogens is 362 g/mol. The monoisotopic (exact) mass is 389 g/mol. The Bertz CT molecular complexity index is 756. The maximum atomic E-state index is 12.4. The molecule has 1 aliphatic rings. The Morgan fingerprint density at radius 1 is 1.30 bits per heavy atom. The van der Waals surface area contributed by atoms with Crippen LogP contribution in [0, 0.1) is 5.92 Å². The standard InChI is InChI=1S/C20H27N3O3S/c1-6-23-13(4)17(19(25)26-5)18(22-20(23)27)14-7-9-15(10-8-14)21-16(24)11-12(2)3/h7-10,12,18H,6,11H2,1-5H3,(H,21,24)(H,22,27)/t18-/m0/s1. The summed E-state index contributed by atoms with van der Waals surface area (Å²) >= 11 is 5.45. The van der Waals surface area contributed by atoms with Gasteiger partial charge in [0.1, 0.15) is 0 Å². The molecule has 0 bridgehead atoms. The summed E-state index contributed by atoms with van der Waals surface area (Å²) in [5.74, 6) is -0.103. The molecule has 0 spiro atoms. The number of carbonyl (C=O) groups is 2. The fourth-order valence-electron chi connectivity index (χ4n) is 3.13. The number of thiocarbonyl (C=S) groups is 1. The lowest BCUT2D eigenvalue weighted by Gasteiger charge is -2.36. The molecule has 7 heteroatoms. The van der Waals surface area contributed by atoms with Gasteiger partial charge in [-0.05, 0) is 49.7 Å². The highest BCUT2D eigenvalue weighted by molar-refractivity contribution is 7.80. The molecule has 1 aliphatic heterocycles. The molecule has 0 saturated carbocycles. The Balaban J connectivity index is 2.30. The number of benzene rings is 1. The van der Waals surface area contributed by atoms with Crippen molar-refractivity contribution in [3.8, 4) is 0 Å². The molecule has 0 aliphatic carbocycles. The van der Waals surface area contributed by atoms with Crippen molar-refractivity contribution in [1.29, 1.82) is 0 Å². The lowest BCUT2D eigenvalue weighted by molar-refractivity contribution is -0.136.